The van der Waals surface area contributed by atoms with Crippen molar-refractivity contribution in [2.24, 2.45) is 0 Å². The summed E-state index contributed by atoms with van der Waals surface area (Å²) in [6, 6.07) is 10.4. The van der Waals surface area contributed by atoms with E-state index in [1.807, 2.05) is 12.1 Å². The highest BCUT2D eigenvalue weighted by Crippen LogP contribution is 2.16. The van der Waals surface area contributed by atoms with Crippen LogP contribution in [0.25, 0.3) is 0 Å². The zero-order valence-electron chi connectivity index (χ0n) is 11.0. The third kappa shape index (κ3) is 4.82. The molecular formula is C15H13BrF2N2O. The van der Waals surface area contributed by atoms with Gasteiger partial charge in [0.15, 0.2) is 0 Å². The number of rotatable bonds is 5. The fourth-order valence-electron chi connectivity index (χ4n) is 1.70. The molecular weight excluding hydrogens is 342 g/mol. The zero-order chi connectivity index (χ0) is 15.2. The van der Waals surface area contributed by atoms with Crippen LogP contribution in [0.2, 0.25) is 0 Å². The van der Waals surface area contributed by atoms with E-state index < -0.39 is 11.6 Å². The van der Waals surface area contributed by atoms with Gasteiger partial charge in [0.25, 0.3) is 0 Å². The molecule has 2 rings (SSSR count). The molecule has 21 heavy (non-hydrogen) atoms. The van der Waals surface area contributed by atoms with Crippen LogP contribution >= 0.6 is 15.9 Å². The quantitative estimate of drug-likeness (QED) is 0.845. The summed E-state index contributed by atoms with van der Waals surface area (Å²) < 4.78 is 27.0. The second-order valence-corrected chi connectivity index (χ2v) is 5.27. The van der Waals surface area contributed by atoms with Crippen molar-refractivity contribution in [1.82, 2.24) is 0 Å². The minimum Gasteiger partial charge on any atom is -0.382 e. The van der Waals surface area contributed by atoms with Crippen LogP contribution in [0.15, 0.2) is 46.9 Å². The predicted octanol–water partition coefficient (Wildman–Crippen LogP) is 4.17. The fourth-order valence-corrected chi connectivity index (χ4v) is 1.96. The molecule has 1 amide bonds. The molecule has 0 aliphatic heterocycles. The lowest BCUT2D eigenvalue weighted by Gasteiger charge is -2.08. The van der Waals surface area contributed by atoms with Gasteiger partial charge in [0.2, 0.25) is 5.91 Å². The highest BCUT2D eigenvalue weighted by molar-refractivity contribution is 9.10. The standard InChI is InChI=1S/C15H13BrF2N2O/c16-10-1-4-12(5-2-10)20-15(21)7-8-19-14-6-3-11(17)9-13(14)18/h1-6,9,19H,7-8H2,(H,20,21). The van der Waals surface area contributed by atoms with Crippen molar-refractivity contribution in [3.8, 4) is 0 Å². The molecule has 0 saturated carbocycles. The Kier molecular flexibility index (Phi) is 5.27. The molecule has 0 aliphatic carbocycles. The molecule has 0 aliphatic rings. The number of amides is 1. The molecule has 2 aromatic rings. The summed E-state index contributed by atoms with van der Waals surface area (Å²) in [6.45, 7) is 0.255. The number of benzene rings is 2. The fraction of sp³-hybridized carbons (Fsp3) is 0.133. The Morgan fingerprint density at radius 3 is 2.48 bits per heavy atom. The summed E-state index contributed by atoms with van der Waals surface area (Å²) in [7, 11) is 0. The van der Waals surface area contributed by atoms with E-state index in [2.05, 4.69) is 26.6 Å². The van der Waals surface area contributed by atoms with Gasteiger partial charge in [0, 0.05) is 29.2 Å². The van der Waals surface area contributed by atoms with Gasteiger partial charge in [-0.3, -0.25) is 4.79 Å². The second-order valence-electron chi connectivity index (χ2n) is 4.36. The van der Waals surface area contributed by atoms with Crippen LogP contribution in [0, 0.1) is 11.6 Å². The molecule has 0 radical (unpaired) electrons. The van der Waals surface area contributed by atoms with Gasteiger partial charge in [-0.1, -0.05) is 15.9 Å². The predicted molar refractivity (Wildman–Crippen MR) is 82.2 cm³/mol. The molecule has 2 aromatic carbocycles. The van der Waals surface area contributed by atoms with Crippen molar-refractivity contribution >= 4 is 33.2 Å². The first-order chi connectivity index (χ1) is 10.0. The van der Waals surface area contributed by atoms with Crippen LogP contribution in [0.3, 0.4) is 0 Å². The molecule has 0 aromatic heterocycles. The van der Waals surface area contributed by atoms with E-state index >= 15 is 0 Å². The summed E-state index contributed by atoms with van der Waals surface area (Å²) in [4.78, 5) is 11.7. The summed E-state index contributed by atoms with van der Waals surface area (Å²) in [5.41, 5.74) is 0.865. The number of anilines is 2. The highest BCUT2D eigenvalue weighted by Gasteiger charge is 2.05. The average Bonchev–Trinajstić information content (AvgIpc) is 2.44. The second kappa shape index (κ2) is 7.17. The maximum atomic E-state index is 13.4. The first-order valence-corrected chi connectivity index (χ1v) is 7.08. The molecule has 0 atom stereocenters. The zero-order valence-corrected chi connectivity index (χ0v) is 12.6. The highest BCUT2D eigenvalue weighted by atomic mass is 79.9. The number of hydrogen-bond acceptors (Lipinski definition) is 2. The first kappa shape index (κ1) is 15.4. The SMILES string of the molecule is O=C(CCNc1ccc(F)cc1F)Nc1ccc(Br)cc1. The topological polar surface area (TPSA) is 41.1 Å². The largest absolute Gasteiger partial charge is 0.382 e. The number of carbonyl (C=O) groups is 1. The molecule has 0 spiro atoms. The van der Waals surface area contributed by atoms with Crippen molar-refractivity contribution in [3.05, 3.63) is 58.6 Å². The molecule has 3 nitrogen and oxygen atoms in total. The average molecular weight is 355 g/mol. The van der Waals surface area contributed by atoms with E-state index in [4.69, 9.17) is 0 Å². The number of nitrogens with one attached hydrogen (secondary N) is 2. The summed E-state index contributed by atoms with van der Waals surface area (Å²) in [5, 5.41) is 5.48. The Morgan fingerprint density at radius 2 is 1.81 bits per heavy atom. The smallest absolute Gasteiger partial charge is 0.226 e. The monoisotopic (exact) mass is 354 g/mol. The third-order valence-corrected chi connectivity index (χ3v) is 3.26. The molecule has 0 saturated heterocycles. The lowest BCUT2D eigenvalue weighted by Crippen LogP contribution is -2.16. The Labute approximate surface area is 129 Å². The van der Waals surface area contributed by atoms with Crippen LogP contribution in [-0.4, -0.2) is 12.5 Å². The van der Waals surface area contributed by atoms with E-state index in [0.29, 0.717) is 5.69 Å². The third-order valence-electron chi connectivity index (χ3n) is 2.73. The Balaban J connectivity index is 1.80. The van der Waals surface area contributed by atoms with Gasteiger partial charge < -0.3 is 10.6 Å². The summed E-state index contributed by atoms with van der Waals surface area (Å²) >= 11 is 3.31. The first-order valence-electron chi connectivity index (χ1n) is 6.29. The Morgan fingerprint density at radius 1 is 1.10 bits per heavy atom. The summed E-state index contributed by atoms with van der Waals surface area (Å²) in [5.74, 6) is -1.50. The Hall–Kier alpha value is -1.95. The minimum atomic E-state index is -0.677. The van der Waals surface area contributed by atoms with Crippen LogP contribution < -0.4 is 10.6 Å². The van der Waals surface area contributed by atoms with Crippen molar-refractivity contribution in [3.63, 3.8) is 0 Å². The molecule has 0 fully saturated rings. The Bertz CT molecular complexity index is 632. The lowest BCUT2D eigenvalue weighted by atomic mass is 10.2. The molecule has 0 heterocycles. The van der Waals surface area contributed by atoms with Gasteiger partial charge in [0.05, 0.1) is 5.69 Å². The van der Waals surface area contributed by atoms with Gasteiger partial charge in [-0.15, -0.1) is 0 Å². The number of carbonyl (C=O) groups excluding carboxylic acids is 1. The van der Waals surface area contributed by atoms with Crippen LogP contribution in [0.5, 0.6) is 0 Å². The van der Waals surface area contributed by atoms with E-state index in [-0.39, 0.29) is 24.6 Å². The molecule has 0 bridgehead atoms. The maximum Gasteiger partial charge on any atom is 0.226 e. The maximum absolute atomic E-state index is 13.4. The molecule has 110 valence electrons. The van der Waals surface area contributed by atoms with E-state index in [0.717, 1.165) is 16.6 Å². The molecule has 6 heteroatoms. The van der Waals surface area contributed by atoms with Gasteiger partial charge in [0.1, 0.15) is 11.6 Å². The van der Waals surface area contributed by atoms with Crippen molar-refractivity contribution in [2.75, 3.05) is 17.2 Å². The summed E-state index contributed by atoms with van der Waals surface area (Å²) in [6.07, 6.45) is 0.173. The number of hydrogen-bond donors (Lipinski definition) is 2. The van der Waals surface area contributed by atoms with Crippen LogP contribution in [0.1, 0.15) is 6.42 Å². The van der Waals surface area contributed by atoms with Crippen LogP contribution in [-0.2, 0) is 4.79 Å². The number of halogens is 3. The van der Waals surface area contributed by atoms with Gasteiger partial charge in [-0.05, 0) is 36.4 Å². The van der Waals surface area contributed by atoms with E-state index in [9.17, 15) is 13.6 Å². The lowest BCUT2D eigenvalue weighted by molar-refractivity contribution is -0.115. The van der Waals surface area contributed by atoms with Gasteiger partial charge >= 0.3 is 0 Å². The molecule has 0 unspecified atom stereocenters. The van der Waals surface area contributed by atoms with E-state index in [1.165, 1.54) is 6.07 Å². The van der Waals surface area contributed by atoms with Crippen LogP contribution in [0.4, 0.5) is 20.2 Å². The normalized spacial score (nSPS) is 10.2. The van der Waals surface area contributed by atoms with Gasteiger partial charge in [-0.25, -0.2) is 8.78 Å². The van der Waals surface area contributed by atoms with Crippen molar-refractivity contribution in [2.45, 2.75) is 6.42 Å². The van der Waals surface area contributed by atoms with E-state index in [1.54, 1.807) is 12.1 Å². The van der Waals surface area contributed by atoms with Gasteiger partial charge in [-0.2, -0.15) is 0 Å². The molecule has 2 N–H and O–H groups in total. The van der Waals surface area contributed by atoms with Crippen molar-refractivity contribution in [1.29, 1.82) is 0 Å². The minimum absolute atomic E-state index is 0.173. The van der Waals surface area contributed by atoms with Crippen molar-refractivity contribution < 1.29 is 13.6 Å².